The molecule has 0 spiro atoms. The summed E-state index contributed by atoms with van der Waals surface area (Å²) in [4.78, 5) is 3.93. The normalized spacial score (nSPS) is 11.2. The molecule has 16 heavy (non-hydrogen) atoms. The fourth-order valence-corrected chi connectivity index (χ4v) is 2.58. The zero-order valence-electron chi connectivity index (χ0n) is 10.1. The molecule has 0 aliphatic rings. The van der Waals surface area contributed by atoms with Crippen molar-refractivity contribution in [1.82, 2.24) is 4.90 Å². The molecule has 0 radical (unpaired) electrons. The van der Waals surface area contributed by atoms with E-state index in [9.17, 15) is 0 Å². The van der Waals surface area contributed by atoms with Crippen LogP contribution in [0.15, 0.2) is 17.5 Å². The molecule has 3 heteroatoms. The topological polar surface area (TPSA) is 3.24 Å². The maximum Gasteiger partial charge on any atom is 0.0223 e. The van der Waals surface area contributed by atoms with Gasteiger partial charge >= 0.3 is 0 Å². The summed E-state index contributed by atoms with van der Waals surface area (Å²) in [5, 5.41) is 2.15. The SMILES string of the molecule is CN(CCCCCCCl)CCc1cccs1. The van der Waals surface area contributed by atoms with E-state index in [1.54, 1.807) is 0 Å². The van der Waals surface area contributed by atoms with Crippen LogP contribution in [0.2, 0.25) is 0 Å². The Bertz CT molecular complexity index is 248. The first-order valence-corrected chi connectivity index (χ1v) is 7.51. The van der Waals surface area contributed by atoms with Gasteiger partial charge in [0, 0.05) is 17.3 Å². The van der Waals surface area contributed by atoms with Gasteiger partial charge in [0.15, 0.2) is 0 Å². The van der Waals surface area contributed by atoms with Gasteiger partial charge in [0.25, 0.3) is 0 Å². The van der Waals surface area contributed by atoms with E-state index in [4.69, 9.17) is 11.6 Å². The average Bonchev–Trinajstić information content (AvgIpc) is 2.79. The van der Waals surface area contributed by atoms with E-state index in [1.807, 2.05) is 11.3 Å². The zero-order chi connectivity index (χ0) is 11.6. The quantitative estimate of drug-likeness (QED) is 0.478. The summed E-state index contributed by atoms with van der Waals surface area (Å²) < 4.78 is 0. The molecule has 0 aliphatic heterocycles. The van der Waals surface area contributed by atoms with Crippen LogP contribution in [0.25, 0.3) is 0 Å². The second-order valence-corrected chi connectivity index (χ2v) is 5.65. The largest absolute Gasteiger partial charge is 0.306 e. The predicted octanol–water partition coefficient (Wildman–Crippen LogP) is 4.02. The lowest BCUT2D eigenvalue weighted by Gasteiger charge is -2.15. The summed E-state index contributed by atoms with van der Waals surface area (Å²) in [7, 11) is 2.22. The highest BCUT2D eigenvalue weighted by molar-refractivity contribution is 7.09. The van der Waals surface area contributed by atoms with Crippen molar-refractivity contribution in [1.29, 1.82) is 0 Å². The maximum absolute atomic E-state index is 5.64. The van der Waals surface area contributed by atoms with Crippen molar-refractivity contribution >= 4 is 22.9 Å². The van der Waals surface area contributed by atoms with Crippen molar-refractivity contribution in [2.75, 3.05) is 26.0 Å². The highest BCUT2D eigenvalue weighted by atomic mass is 35.5. The zero-order valence-corrected chi connectivity index (χ0v) is 11.7. The van der Waals surface area contributed by atoms with E-state index >= 15 is 0 Å². The highest BCUT2D eigenvalue weighted by Crippen LogP contribution is 2.09. The summed E-state index contributed by atoms with van der Waals surface area (Å²) in [6.07, 6.45) is 6.26. The molecule has 1 heterocycles. The van der Waals surface area contributed by atoms with Crippen molar-refractivity contribution in [3.8, 4) is 0 Å². The number of nitrogens with zero attached hydrogens (tertiary/aromatic N) is 1. The summed E-state index contributed by atoms with van der Waals surface area (Å²) in [5.74, 6) is 0.814. The Balaban J connectivity index is 1.96. The standard InChI is InChI=1S/C13H22ClNS/c1-15(10-5-3-2-4-9-14)11-8-13-7-6-12-16-13/h6-7,12H,2-5,8-11H2,1H3. The van der Waals surface area contributed by atoms with Crippen molar-refractivity contribution in [2.24, 2.45) is 0 Å². The van der Waals surface area contributed by atoms with E-state index < -0.39 is 0 Å². The van der Waals surface area contributed by atoms with Gasteiger partial charge in [-0.15, -0.1) is 22.9 Å². The summed E-state index contributed by atoms with van der Waals surface area (Å²) in [6.45, 7) is 2.39. The second kappa shape index (κ2) is 9.03. The number of thiophene rings is 1. The molecule has 0 aliphatic carbocycles. The van der Waals surface area contributed by atoms with Crippen LogP contribution < -0.4 is 0 Å². The Hall–Kier alpha value is -0.0500. The fourth-order valence-electron chi connectivity index (χ4n) is 1.70. The number of hydrogen-bond acceptors (Lipinski definition) is 2. The molecule has 1 rings (SSSR count). The molecule has 0 aromatic carbocycles. The number of rotatable bonds is 9. The molecule has 1 nitrogen and oxygen atoms in total. The molecule has 1 aromatic heterocycles. The van der Waals surface area contributed by atoms with Crippen LogP contribution in [-0.2, 0) is 6.42 Å². The molecular formula is C13H22ClNS. The lowest BCUT2D eigenvalue weighted by molar-refractivity contribution is 0.329. The van der Waals surface area contributed by atoms with Crippen LogP contribution in [0, 0.1) is 0 Å². The van der Waals surface area contributed by atoms with E-state index in [0.717, 1.165) is 5.88 Å². The van der Waals surface area contributed by atoms with Gasteiger partial charge in [-0.3, -0.25) is 0 Å². The number of likely N-dealkylation sites (N-methyl/N-ethyl adjacent to an activating group) is 1. The van der Waals surface area contributed by atoms with Gasteiger partial charge in [0.2, 0.25) is 0 Å². The summed E-state index contributed by atoms with van der Waals surface area (Å²) in [5.41, 5.74) is 0. The number of halogens is 1. The van der Waals surface area contributed by atoms with Crippen LogP contribution >= 0.6 is 22.9 Å². The van der Waals surface area contributed by atoms with Crippen LogP contribution in [-0.4, -0.2) is 30.9 Å². The van der Waals surface area contributed by atoms with Crippen LogP contribution in [0.4, 0.5) is 0 Å². The van der Waals surface area contributed by atoms with E-state index in [-0.39, 0.29) is 0 Å². The summed E-state index contributed by atoms with van der Waals surface area (Å²) >= 11 is 7.50. The first-order valence-electron chi connectivity index (χ1n) is 6.10. The highest BCUT2D eigenvalue weighted by Gasteiger charge is 1.99. The number of alkyl halides is 1. The molecule has 0 saturated carbocycles. The molecule has 0 amide bonds. The first kappa shape index (κ1) is 14.0. The van der Waals surface area contributed by atoms with Crippen molar-refractivity contribution < 1.29 is 0 Å². The first-order chi connectivity index (χ1) is 7.83. The second-order valence-electron chi connectivity index (χ2n) is 4.24. The van der Waals surface area contributed by atoms with E-state index in [2.05, 4.69) is 29.5 Å². The minimum Gasteiger partial charge on any atom is -0.306 e. The molecule has 0 unspecified atom stereocenters. The molecular weight excluding hydrogens is 238 g/mol. The molecule has 0 N–H and O–H groups in total. The molecule has 0 bridgehead atoms. The average molecular weight is 260 g/mol. The monoisotopic (exact) mass is 259 g/mol. The van der Waals surface area contributed by atoms with Gasteiger partial charge in [-0.05, 0) is 44.3 Å². The van der Waals surface area contributed by atoms with Gasteiger partial charge in [0.05, 0.1) is 0 Å². The lowest BCUT2D eigenvalue weighted by Crippen LogP contribution is -2.22. The molecule has 0 saturated heterocycles. The van der Waals surface area contributed by atoms with Crippen LogP contribution in [0.3, 0.4) is 0 Å². The Morgan fingerprint density at radius 2 is 2.00 bits per heavy atom. The summed E-state index contributed by atoms with van der Waals surface area (Å²) in [6, 6.07) is 4.35. The van der Waals surface area contributed by atoms with Gasteiger partial charge in [-0.25, -0.2) is 0 Å². The Morgan fingerprint density at radius 1 is 1.19 bits per heavy atom. The smallest absolute Gasteiger partial charge is 0.0223 e. The number of unbranched alkanes of at least 4 members (excludes halogenated alkanes) is 3. The van der Waals surface area contributed by atoms with Crippen molar-refractivity contribution in [3.05, 3.63) is 22.4 Å². The molecule has 0 atom stereocenters. The Kier molecular flexibility index (Phi) is 7.91. The minimum absolute atomic E-state index is 0.814. The third-order valence-electron chi connectivity index (χ3n) is 2.74. The van der Waals surface area contributed by atoms with Crippen molar-refractivity contribution in [2.45, 2.75) is 32.1 Å². The van der Waals surface area contributed by atoms with Gasteiger partial charge in [0.1, 0.15) is 0 Å². The predicted molar refractivity (Wildman–Crippen MR) is 74.7 cm³/mol. The fraction of sp³-hybridized carbons (Fsp3) is 0.692. The van der Waals surface area contributed by atoms with Crippen LogP contribution in [0.5, 0.6) is 0 Å². The number of hydrogen-bond donors (Lipinski definition) is 0. The van der Waals surface area contributed by atoms with Crippen molar-refractivity contribution in [3.63, 3.8) is 0 Å². The van der Waals surface area contributed by atoms with E-state index in [1.165, 1.54) is 50.1 Å². The minimum atomic E-state index is 0.814. The van der Waals surface area contributed by atoms with Crippen LogP contribution in [0.1, 0.15) is 30.6 Å². The molecule has 92 valence electrons. The van der Waals surface area contributed by atoms with E-state index in [0.29, 0.717) is 0 Å². The Morgan fingerprint density at radius 3 is 2.69 bits per heavy atom. The maximum atomic E-state index is 5.64. The third kappa shape index (κ3) is 6.51. The third-order valence-corrected chi connectivity index (χ3v) is 3.95. The Labute approximate surface area is 108 Å². The molecule has 1 aromatic rings. The van der Waals surface area contributed by atoms with Gasteiger partial charge in [-0.1, -0.05) is 18.9 Å². The van der Waals surface area contributed by atoms with Gasteiger partial charge in [-0.2, -0.15) is 0 Å². The molecule has 0 fully saturated rings. The van der Waals surface area contributed by atoms with Gasteiger partial charge < -0.3 is 4.90 Å². The lowest BCUT2D eigenvalue weighted by atomic mass is 10.2.